The Morgan fingerprint density at radius 2 is 2.22 bits per heavy atom. The second kappa shape index (κ2) is 6.78. The van der Waals surface area contributed by atoms with Gasteiger partial charge in [0.25, 0.3) is 0 Å². The topological polar surface area (TPSA) is 92.9 Å². The van der Waals surface area contributed by atoms with Crippen molar-refractivity contribution < 1.29 is 4.79 Å². The molecule has 0 saturated heterocycles. The van der Waals surface area contributed by atoms with E-state index in [9.17, 15) is 4.79 Å². The highest BCUT2D eigenvalue weighted by Crippen LogP contribution is 2.15. The summed E-state index contributed by atoms with van der Waals surface area (Å²) in [6, 6.07) is -0.292. The largest absolute Gasteiger partial charge is 0.368 e. The van der Waals surface area contributed by atoms with Crippen LogP contribution in [0.4, 0.5) is 11.8 Å². The lowest BCUT2D eigenvalue weighted by Gasteiger charge is -2.18. The second-order valence-electron chi connectivity index (χ2n) is 4.06. The number of aromatic nitrogens is 2. The van der Waals surface area contributed by atoms with E-state index >= 15 is 0 Å². The van der Waals surface area contributed by atoms with Gasteiger partial charge in [0.15, 0.2) is 0 Å². The van der Waals surface area contributed by atoms with Gasteiger partial charge in [-0.25, -0.2) is 4.98 Å². The molecule has 0 saturated carbocycles. The number of nitrogens with zero attached hydrogens (tertiary/aromatic N) is 2. The van der Waals surface area contributed by atoms with Crippen LogP contribution in [0.2, 0.25) is 0 Å². The molecule has 100 valence electrons. The first-order chi connectivity index (χ1) is 8.62. The Kier molecular flexibility index (Phi) is 5.35. The number of nitrogens with one attached hydrogen (secondary N) is 2. The number of hydrogen-bond donors (Lipinski definition) is 3. The van der Waals surface area contributed by atoms with Gasteiger partial charge in [0.05, 0.1) is 0 Å². The number of rotatable bonds is 6. The number of carbonyl (C=O) groups excluding carboxylic acids is 1. The van der Waals surface area contributed by atoms with E-state index < -0.39 is 0 Å². The van der Waals surface area contributed by atoms with Crippen LogP contribution in [0.5, 0.6) is 0 Å². The van der Waals surface area contributed by atoms with Crippen molar-refractivity contribution in [1.82, 2.24) is 15.3 Å². The predicted octanol–water partition coefficient (Wildman–Crippen LogP) is 0.948. The van der Waals surface area contributed by atoms with Crippen LogP contribution in [0.1, 0.15) is 32.3 Å². The quantitative estimate of drug-likeness (QED) is 0.700. The first kappa shape index (κ1) is 14.2. The Balaban J connectivity index is 2.91. The number of anilines is 2. The van der Waals surface area contributed by atoms with Crippen LogP contribution in [-0.2, 0) is 11.2 Å². The van der Waals surface area contributed by atoms with E-state index in [0.29, 0.717) is 5.82 Å². The van der Waals surface area contributed by atoms with Crippen molar-refractivity contribution in [3.8, 4) is 0 Å². The van der Waals surface area contributed by atoms with Crippen molar-refractivity contribution in [2.24, 2.45) is 0 Å². The minimum atomic E-state index is -0.292. The molecule has 0 radical (unpaired) electrons. The summed E-state index contributed by atoms with van der Waals surface area (Å²) in [6.07, 6.45) is 4.13. The predicted molar refractivity (Wildman–Crippen MR) is 72.2 cm³/mol. The molecular formula is C12H21N5O. The zero-order chi connectivity index (χ0) is 13.5. The molecule has 0 aliphatic carbocycles. The highest BCUT2D eigenvalue weighted by molar-refractivity contribution is 5.84. The number of nitrogen functional groups attached to an aromatic ring is 1. The zero-order valence-corrected chi connectivity index (χ0v) is 11.2. The number of aryl methyl sites for hydroxylation is 1. The van der Waals surface area contributed by atoms with Crippen LogP contribution in [0.3, 0.4) is 0 Å². The molecule has 18 heavy (non-hydrogen) atoms. The van der Waals surface area contributed by atoms with Crippen LogP contribution >= 0.6 is 0 Å². The van der Waals surface area contributed by atoms with Gasteiger partial charge in [-0.2, -0.15) is 4.98 Å². The first-order valence-corrected chi connectivity index (χ1v) is 6.21. The van der Waals surface area contributed by atoms with Crippen molar-refractivity contribution >= 4 is 17.7 Å². The summed E-state index contributed by atoms with van der Waals surface area (Å²) in [4.78, 5) is 19.9. The Hall–Kier alpha value is -1.85. The van der Waals surface area contributed by atoms with Gasteiger partial charge in [0.1, 0.15) is 11.9 Å². The van der Waals surface area contributed by atoms with Crippen molar-refractivity contribution in [2.45, 2.75) is 39.2 Å². The maximum atomic E-state index is 11.7. The summed E-state index contributed by atoms with van der Waals surface area (Å²) in [5.74, 6) is 0.810. The fourth-order valence-corrected chi connectivity index (χ4v) is 1.70. The molecule has 1 aromatic rings. The molecule has 0 aliphatic rings. The summed E-state index contributed by atoms with van der Waals surface area (Å²) in [5.41, 5.74) is 6.53. The van der Waals surface area contributed by atoms with Gasteiger partial charge in [0.2, 0.25) is 11.9 Å². The van der Waals surface area contributed by atoms with Gasteiger partial charge in [-0.15, -0.1) is 0 Å². The maximum Gasteiger partial charge on any atom is 0.242 e. The minimum absolute atomic E-state index is 0.0453. The molecule has 1 amide bonds. The molecule has 0 fully saturated rings. The third kappa shape index (κ3) is 3.58. The van der Waals surface area contributed by atoms with Crippen molar-refractivity contribution in [3.63, 3.8) is 0 Å². The Bertz CT molecular complexity index is 407. The van der Waals surface area contributed by atoms with Gasteiger partial charge in [0, 0.05) is 18.8 Å². The minimum Gasteiger partial charge on any atom is -0.368 e. The number of hydrogen-bond acceptors (Lipinski definition) is 5. The van der Waals surface area contributed by atoms with Crippen LogP contribution in [0.15, 0.2) is 6.20 Å². The number of amides is 1. The number of nitrogens with two attached hydrogens (primary N) is 1. The molecule has 0 unspecified atom stereocenters. The SMILES string of the molecule is CCC[C@H](Nc1nc(N)ncc1CC)C(=O)NC. The number of likely N-dealkylation sites (N-methyl/N-ethyl adjacent to an activating group) is 1. The molecule has 4 N–H and O–H groups in total. The van der Waals surface area contributed by atoms with E-state index in [0.717, 1.165) is 24.8 Å². The molecule has 6 heteroatoms. The van der Waals surface area contributed by atoms with Crippen LogP contribution < -0.4 is 16.4 Å². The summed E-state index contributed by atoms with van der Waals surface area (Å²) >= 11 is 0. The third-order valence-corrected chi connectivity index (χ3v) is 2.72. The monoisotopic (exact) mass is 251 g/mol. The molecule has 6 nitrogen and oxygen atoms in total. The standard InChI is InChI=1S/C12H21N5O/c1-4-6-9(11(18)14-3)16-10-8(5-2)7-15-12(13)17-10/h7,9H,4-6H2,1-3H3,(H,14,18)(H3,13,15,16,17)/t9-/m0/s1. The van der Waals surface area contributed by atoms with E-state index in [1.807, 2.05) is 13.8 Å². The second-order valence-corrected chi connectivity index (χ2v) is 4.06. The molecule has 0 aliphatic heterocycles. The normalized spacial score (nSPS) is 11.9. The molecule has 1 heterocycles. The van der Waals surface area contributed by atoms with Gasteiger partial charge < -0.3 is 16.4 Å². The molecule has 0 aromatic carbocycles. The first-order valence-electron chi connectivity index (χ1n) is 6.21. The van der Waals surface area contributed by atoms with E-state index in [-0.39, 0.29) is 17.9 Å². The van der Waals surface area contributed by atoms with Crippen LogP contribution in [0.25, 0.3) is 0 Å². The molecule has 0 bridgehead atoms. The van der Waals surface area contributed by atoms with E-state index in [4.69, 9.17) is 5.73 Å². The highest BCUT2D eigenvalue weighted by atomic mass is 16.2. The lowest BCUT2D eigenvalue weighted by Crippen LogP contribution is -2.38. The van der Waals surface area contributed by atoms with E-state index in [2.05, 4.69) is 20.6 Å². The fourth-order valence-electron chi connectivity index (χ4n) is 1.70. The third-order valence-electron chi connectivity index (χ3n) is 2.72. The molecular weight excluding hydrogens is 230 g/mol. The zero-order valence-electron chi connectivity index (χ0n) is 11.2. The van der Waals surface area contributed by atoms with Crippen LogP contribution in [0, 0.1) is 0 Å². The number of carbonyl (C=O) groups is 1. The molecule has 1 rings (SSSR count). The van der Waals surface area contributed by atoms with Crippen molar-refractivity contribution in [3.05, 3.63) is 11.8 Å². The van der Waals surface area contributed by atoms with Gasteiger partial charge in [-0.3, -0.25) is 4.79 Å². The van der Waals surface area contributed by atoms with Crippen molar-refractivity contribution in [2.75, 3.05) is 18.1 Å². The summed E-state index contributed by atoms with van der Waals surface area (Å²) in [6.45, 7) is 4.04. The summed E-state index contributed by atoms with van der Waals surface area (Å²) in [7, 11) is 1.63. The average molecular weight is 251 g/mol. The highest BCUT2D eigenvalue weighted by Gasteiger charge is 2.18. The Morgan fingerprint density at radius 1 is 1.50 bits per heavy atom. The smallest absolute Gasteiger partial charge is 0.242 e. The fraction of sp³-hybridized carbons (Fsp3) is 0.583. The van der Waals surface area contributed by atoms with E-state index in [1.54, 1.807) is 13.2 Å². The van der Waals surface area contributed by atoms with Gasteiger partial charge >= 0.3 is 0 Å². The maximum absolute atomic E-state index is 11.7. The lowest BCUT2D eigenvalue weighted by molar-refractivity contribution is -0.121. The summed E-state index contributed by atoms with van der Waals surface area (Å²) < 4.78 is 0. The van der Waals surface area contributed by atoms with Gasteiger partial charge in [-0.05, 0) is 12.8 Å². The van der Waals surface area contributed by atoms with Gasteiger partial charge in [-0.1, -0.05) is 20.3 Å². The summed E-state index contributed by atoms with van der Waals surface area (Å²) in [5, 5.41) is 5.79. The molecule has 1 atom stereocenters. The average Bonchev–Trinajstić information content (AvgIpc) is 2.37. The Labute approximate surface area is 107 Å². The molecule has 1 aromatic heterocycles. The van der Waals surface area contributed by atoms with Crippen LogP contribution in [-0.4, -0.2) is 29.0 Å². The Morgan fingerprint density at radius 3 is 2.78 bits per heavy atom. The van der Waals surface area contributed by atoms with Crippen molar-refractivity contribution in [1.29, 1.82) is 0 Å². The lowest BCUT2D eigenvalue weighted by atomic mass is 10.1. The van der Waals surface area contributed by atoms with E-state index in [1.165, 1.54) is 0 Å². The molecule has 0 spiro atoms.